The first-order valence-corrected chi connectivity index (χ1v) is 4.73. The maximum absolute atomic E-state index is 11.4. The van der Waals surface area contributed by atoms with Gasteiger partial charge < -0.3 is 16.8 Å². The zero-order chi connectivity index (χ0) is 12.0. The molecule has 1 aromatic heterocycles. The molecule has 7 nitrogen and oxygen atoms in total. The van der Waals surface area contributed by atoms with Crippen LogP contribution in [0.25, 0.3) is 0 Å². The Morgan fingerprint density at radius 3 is 2.62 bits per heavy atom. The van der Waals surface area contributed by atoms with Crippen LogP contribution in [0.1, 0.15) is 23.3 Å². The van der Waals surface area contributed by atoms with Crippen molar-refractivity contribution in [3.63, 3.8) is 0 Å². The van der Waals surface area contributed by atoms with Gasteiger partial charge in [0.25, 0.3) is 5.91 Å². The number of nitrogen functional groups attached to an aromatic ring is 1. The molecule has 0 spiro atoms. The maximum atomic E-state index is 11.4. The summed E-state index contributed by atoms with van der Waals surface area (Å²) in [4.78, 5) is 29.4. The van der Waals surface area contributed by atoms with Crippen molar-refractivity contribution in [3.8, 4) is 0 Å². The van der Waals surface area contributed by atoms with Gasteiger partial charge in [-0.15, -0.1) is 0 Å². The van der Waals surface area contributed by atoms with Gasteiger partial charge in [-0.05, 0) is 6.42 Å². The molecule has 0 saturated heterocycles. The number of nitrogens with zero attached hydrogens (tertiary/aromatic N) is 2. The second-order valence-electron chi connectivity index (χ2n) is 3.15. The van der Waals surface area contributed by atoms with Crippen molar-refractivity contribution in [2.45, 2.75) is 12.8 Å². The molecule has 1 aromatic rings. The Balaban J connectivity index is 2.35. The Labute approximate surface area is 92.2 Å². The Kier molecular flexibility index (Phi) is 4.19. The number of anilines is 1. The molecule has 16 heavy (non-hydrogen) atoms. The molecule has 0 aromatic carbocycles. The molecule has 0 atom stereocenters. The number of carbonyl (C=O) groups is 2. The van der Waals surface area contributed by atoms with Crippen molar-refractivity contribution in [1.29, 1.82) is 0 Å². The molecule has 5 N–H and O–H groups in total. The minimum atomic E-state index is -0.387. The predicted molar refractivity (Wildman–Crippen MR) is 57.2 cm³/mol. The first-order valence-electron chi connectivity index (χ1n) is 4.73. The monoisotopic (exact) mass is 223 g/mol. The van der Waals surface area contributed by atoms with Crippen LogP contribution in [0.3, 0.4) is 0 Å². The van der Waals surface area contributed by atoms with Crippen LogP contribution < -0.4 is 16.8 Å². The van der Waals surface area contributed by atoms with Crippen LogP contribution in [-0.4, -0.2) is 28.3 Å². The van der Waals surface area contributed by atoms with Gasteiger partial charge in [-0.3, -0.25) is 9.59 Å². The average molecular weight is 223 g/mol. The summed E-state index contributed by atoms with van der Waals surface area (Å²) in [5.41, 5.74) is 10.5. The normalized spacial score (nSPS) is 9.75. The molecule has 1 heterocycles. The standard InChI is InChI=1S/C9H13N5O2/c10-7-5-13-6(4-14-7)9(16)12-3-1-2-8(11)15/h4-5H,1-3H2,(H2,10,14)(H2,11,15)(H,12,16). The van der Waals surface area contributed by atoms with Crippen molar-refractivity contribution in [2.75, 3.05) is 12.3 Å². The summed E-state index contributed by atoms with van der Waals surface area (Å²) in [5, 5.41) is 2.58. The molecule has 7 heteroatoms. The molecule has 0 unspecified atom stereocenters. The van der Waals surface area contributed by atoms with Gasteiger partial charge >= 0.3 is 0 Å². The first-order chi connectivity index (χ1) is 7.59. The van der Waals surface area contributed by atoms with Gasteiger partial charge in [-0.1, -0.05) is 0 Å². The van der Waals surface area contributed by atoms with Crippen LogP contribution >= 0.6 is 0 Å². The van der Waals surface area contributed by atoms with E-state index < -0.39 is 0 Å². The van der Waals surface area contributed by atoms with Crippen LogP contribution in [0.2, 0.25) is 0 Å². The molecule has 0 radical (unpaired) electrons. The van der Waals surface area contributed by atoms with Gasteiger partial charge in [-0.2, -0.15) is 0 Å². The molecule has 86 valence electrons. The van der Waals surface area contributed by atoms with Crippen LogP contribution in [-0.2, 0) is 4.79 Å². The Morgan fingerprint density at radius 2 is 2.06 bits per heavy atom. The zero-order valence-electron chi connectivity index (χ0n) is 8.64. The van der Waals surface area contributed by atoms with E-state index >= 15 is 0 Å². The fourth-order valence-electron chi connectivity index (χ4n) is 1.01. The van der Waals surface area contributed by atoms with Crippen molar-refractivity contribution >= 4 is 17.6 Å². The Hall–Kier alpha value is -2.18. The average Bonchev–Trinajstić information content (AvgIpc) is 2.25. The van der Waals surface area contributed by atoms with Gasteiger partial charge in [0.15, 0.2) is 0 Å². The lowest BCUT2D eigenvalue weighted by Gasteiger charge is -2.03. The van der Waals surface area contributed by atoms with Crippen LogP contribution in [0.4, 0.5) is 5.82 Å². The maximum Gasteiger partial charge on any atom is 0.271 e. The summed E-state index contributed by atoms with van der Waals surface area (Å²) in [6, 6.07) is 0. The highest BCUT2D eigenvalue weighted by Crippen LogP contribution is 1.96. The first kappa shape index (κ1) is 11.9. The minimum Gasteiger partial charge on any atom is -0.382 e. The largest absolute Gasteiger partial charge is 0.382 e. The number of aromatic nitrogens is 2. The number of carbonyl (C=O) groups excluding carboxylic acids is 2. The number of hydrogen-bond donors (Lipinski definition) is 3. The van der Waals surface area contributed by atoms with E-state index in [9.17, 15) is 9.59 Å². The fraction of sp³-hybridized carbons (Fsp3) is 0.333. The predicted octanol–water partition coefficient (Wildman–Crippen LogP) is -0.946. The highest BCUT2D eigenvalue weighted by molar-refractivity contribution is 5.91. The fourth-order valence-corrected chi connectivity index (χ4v) is 1.01. The van der Waals surface area contributed by atoms with Gasteiger partial charge in [0, 0.05) is 13.0 Å². The van der Waals surface area contributed by atoms with Crippen molar-refractivity contribution in [2.24, 2.45) is 5.73 Å². The summed E-state index contributed by atoms with van der Waals surface area (Å²) >= 11 is 0. The number of nitrogens with one attached hydrogen (secondary N) is 1. The minimum absolute atomic E-state index is 0.188. The molecule has 2 amide bonds. The lowest BCUT2D eigenvalue weighted by atomic mass is 10.3. The number of amides is 2. The van der Waals surface area contributed by atoms with E-state index in [2.05, 4.69) is 15.3 Å². The summed E-state index contributed by atoms with van der Waals surface area (Å²) in [6.07, 6.45) is 3.34. The van der Waals surface area contributed by atoms with Crippen molar-refractivity contribution in [1.82, 2.24) is 15.3 Å². The number of nitrogens with two attached hydrogens (primary N) is 2. The van der Waals surface area contributed by atoms with E-state index in [1.165, 1.54) is 12.4 Å². The number of rotatable bonds is 5. The summed E-state index contributed by atoms with van der Waals surface area (Å²) in [7, 11) is 0. The molecule has 0 aliphatic heterocycles. The van der Waals surface area contributed by atoms with Gasteiger partial charge in [-0.25, -0.2) is 9.97 Å². The quantitative estimate of drug-likeness (QED) is 0.555. The summed E-state index contributed by atoms with van der Waals surface area (Å²) < 4.78 is 0. The van der Waals surface area contributed by atoms with E-state index in [1.54, 1.807) is 0 Å². The molecular formula is C9H13N5O2. The third kappa shape index (κ3) is 3.91. The van der Waals surface area contributed by atoms with E-state index in [-0.39, 0.29) is 29.7 Å². The third-order valence-corrected chi connectivity index (χ3v) is 1.79. The zero-order valence-corrected chi connectivity index (χ0v) is 8.64. The highest BCUT2D eigenvalue weighted by Gasteiger charge is 2.06. The van der Waals surface area contributed by atoms with Crippen molar-refractivity contribution < 1.29 is 9.59 Å². The summed E-state index contributed by atoms with van der Waals surface area (Å²) in [5.74, 6) is -0.483. The molecular weight excluding hydrogens is 210 g/mol. The van der Waals surface area contributed by atoms with Crippen LogP contribution in [0, 0.1) is 0 Å². The molecule has 0 saturated carbocycles. The SMILES string of the molecule is NC(=O)CCCNC(=O)c1cnc(N)cn1. The van der Waals surface area contributed by atoms with Gasteiger partial charge in [0.05, 0.1) is 12.4 Å². The highest BCUT2D eigenvalue weighted by atomic mass is 16.2. The molecule has 1 rings (SSSR count). The van der Waals surface area contributed by atoms with Gasteiger partial charge in [0.1, 0.15) is 11.5 Å². The van der Waals surface area contributed by atoms with Gasteiger partial charge in [0.2, 0.25) is 5.91 Å². The number of hydrogen-bond acceptors (Lipinski definition) is 5. The second-order valence-corrected chi connectivity index (χ2v) is 3.15. The Bertz CT molecular complexity index is 376. The van der Waals surface area contributed by atoms with E-state index in [0.29, 0.717) is 13.0 Å². The van der Waals surface area contributed by atoms with Crippen LogP contribution in [0.15, 0.2) is 12.4 Å². The van der Waals surface area contributed by atoms with E-state index in [1.807, 2.05) is 0 Å². The summed E-state index contributed by atoms with van der Waals surface area (Å²) in [6.45, 7) is 0.369. The lowest BCUT2D eigenvalue weighted by molar-refractivity contribution is -0.118. The van der Waals surface area contributed by atoms with E-state index in [4.69, 9.17) is 11.5 Å². The van der Waals surface area contributed by atoms with Crippen molar-refractivity contribution in [3.05, 3.63) is 18.1 Å². The molecule has 0 aliphatic rings. The lowest BCUT2D eigenvalue weighted by Crippen LogP contribution is -2.26. The topological polar surface area (TPSA) is 124 Å². The van der Waals surface area contributed by atoms with Crippen LogP contribution in [0.5, 0.6) is 0 Å². The van der Waals surface area contributed by atoms with E-state index in [0.717, 1.165) is 0 Å². The molecule has 0 bridgehead atoms. The second kappa shape index (κ2) is 5.64. The third-order valence-electron chi connectivity index (χ3n) is 1.79. The molecule has 0 fully saturated rings. The smallest absolute Gasteiger partial charge is 0.271 e. The molecule has 0 aliphatic carbocycles. The Morgan fingerprint density at radius 1 is 1.31 bits per heavy atom. The number of primary amides is 1.